The van der Waals surface area contributed by atoms with Crippen LogP contribution < -0.4 is 0 Å². The summed E-state index contributed by atoms with van der Waals surface area (Å²) >= 11 is 0. The maximum atomic E-state index is 11.0. The van der Waals surface area contributed by atoms with Crippen molar-refractivity contribution < 1.29 is 4.79 Å². The Bertz CT molecular complexity index is 317. The van der Waals surface area contributed by atoms with Crippen LogP contribution in [-0.2, 0) is 11.5 Å². The average molecular weight is 181 g/mol. The van der Waals surface area contributed by atoms with E-state index in [0.717, 1.165) is 11.4 Å². The van der Waals surface area contributed by atoms with Crippen LogP contribution in [0.15, 0.2) is 6.07 Å². The number of carbonyl (C=O) groups is 1. The molecule has 1 aromatic heterocycles. The van der Waals surface area contributed by atoms with Gasteiger partial charge in [0.25, 0.3) is 0 Å². The lowest BCUT2D eigenvalue weighted by molar-refractivity contribution is -0.129. The van der Waals surface area contributed by atoms with Crippen molar-refractivity contribution in [1.29, 1.82) is 0 Å². The van der Waals surface area contributed by atoms with Crippen LogP contribution in [0.5, 0.6) is 0 Å². The molecule has 0 bridgehead atoms. The molecule has 1 heterocycles. The molecule has 0 N–H and O–H groups in total. The zero-order valence-corrected chi connectivity index (χ0v) is 8.53. The molecule has 1 rings (SSSR count). The molecule has 0 aliphatic rings. The van der Waals surface area contributed by atoms with Crippen molar-refractivity contribution in [3.63, 3.8) is 0 Å². The van der Waals surface area contributed by atoms with E-state index in [1.807, 2.05) is 24.6 Å². The molecule has 0 unspecified atom stereocenters. The van der Waals surface area contributed by atoms with E-state index in [1.165, 1.54) is 0 Å². The highest BCUT2D eigenvalue weighted by Crippen LogP contribution is 2.02. The Kier molecular flexibility index (Phi) is 2.70. The molecule has 0 saturated carbocycles. The van der Waals surface area contributed by atoms with Gasteiger partial charge in [0, 0.05) is 19.7 Å². The second-order valence-electron chi connectivity index (χ2n) is 3.29. The fourth-order valence-corrected chi connectivity index (χ4v) is 1.12. The Morgan fingerprint density at radius 1 is 1.62 bits per heavy atom. The minimum atomic E-state index is 0.0487. The Morgan fingerprint density at radius 3 is 2.62 bits per heavy atom. The molecule has 0 spiro atoms. The van der Waals surface area contributed by atoms with Crippen molar-refractivity contribution in [2.45, 2.75) is 27.4 Å². The number of amides is 1. The summed E-state index contributed by atoms with van der Waals surface area (Å²) in [7, 11) is 1.76. The predicted octanol–water partition coefficient (Wildman–Crippen LogP) is 0.936. The van der Waals surface area contributed by atoms with Gasteiger partial charge in [-0.2, -0.15) is 5.10 Å². The molecule has 13 heavy (non-hydrogen) atoms. The van der Waals surface area contributed by atoms with Gasteiger partial charge >= 0.3 is 0 Å². The fourth-order valence-electron chi connectivity index (χ4n) is 1.12. The lowest BCUT2D eigenvalue weighted by Gasteiger charge is -2.15. The number of aryl methyl sites for hydroxylation is 2. The van der Waals surface area contributed by atoms with E-state index in [2.05, 4.69) is 5.10 Å². The highest BCUT2D eigenvalue weighted by Gasteiger charge is 2.05. The number of nitrogens with zero attached hydrogens (tertiary/aromatic N) is 3. The number of hydrogen-bond donors (Lipinski definition) is 0. The third-order valence-corrected chi connectivity index (χ3v) is 1.99. The van der Waals surface area contributed by atoms with Gasteiger partial charge in [0.15, 0.2) is 0 Å². The molecule has 1 amide bonds. The summed E-state index contributed by atoms with van der Waals surface area (Å²) in [5, 5.41) is 4.26. The van der Waals surface area contributed by atoms with Gasteiger partial charge in [-0.3, -0.25) is 4.79 Å². The number of hydrogen-bond acceptors (Lipinski definition) is 2. The van der Waals surface area contributed by atoms with Gasteiger partial charge in [-0.05, 0) is 19.9 Å². The molecule has 0 fully saturated rings. The van der Waals surface area contributed by atoms with Gasteiger partial charge in [0.05, 0.1) is 5.69 Å². The van der Waals surface area contributed by atoms with Crippen LogP contribution >= 0.6 is 0 Å². The maximum Gasteiger partial charge on any atom is 0.220 e. The van der Waals surface area contributed by atoms with Crippen LogP contribution in [0, 0.1) is 13.8 Å². The van der Waals surface area contributed by atoms with Gasteiger partial charge in [-0.25, -0.2) is 4.68 Å². The number of rotatable bonds is 2. The first-order valence-corrected chi connectivity index (χ1v) is 4.23. The van der Waals surface area contributed by atoms with E-state index in [0.29, 0.717) is 6.67 Å². The molecule has 0 aromatic carbocycles. The van der Waals surface area contributed by atoms with E-state index in [9.17, 15) is 4.79 Å². The molecule has 0 aliphatic heterocycles. The van der Waals surface area contributed by atoms with Crippen LogP contribution in [0.1, 0.15) is 18.3 Å². The molecule has 4 heteroatoms. The zero-order chi connectivity index (χ0) is 10.0. The van der Waals surface area contributed by atoms with E-state index in [4.69, 9.17) is 0 Å². The van der Waals surface area contributed by atoms with Crippen molar-refractivity contribution >= 4 is 5.91 Å². The van der Waals surface area contributed by atoms with Crippen LogP contribution in [-0.4, -0.2) is 27.6 Å². The summed E-state index contributed by atoms with van der Waals surface area (Å²) in [6.45, 7) is 5.99. The van der Waals surface area contributed by atoms with Crippen molar-refractivity contribution in [3.05, 3.63) is 17.5 Å². The molecular formula is C9H15N3O. The Morgan fingerprint density at radius 2 is 2.23 bits per heavy atom. The van der Waals surface area contributed by atoms with E-state index < -0.39 is 0 Å². The Balaban J connectivity index is 2.74. The van der Waals surface area contributed by atoms with Crippen LogP contribution in [0.4, 0.5) is 0 Å². The van der Waals surface area contributed by atoms with Crippen molar-refractivity contribution in [2.75, 3.05) is 7.05 Å². The molecule has 0 radical (unpaired) electrons. The van der Waals surface area contributed by atoms with Gasteiger partial charge in [-0.15, -0.1) is 0 Å². The second-order valence-corrected chi connectivity index (χ2v) is 3.29. The normalized spacial score (nSPS) is 10.2. The van der Waals surface area contributed by atoms with E-state index in [1.54, 1.807) is 18.9 Å². The van der Waals surface area contributed by atoms with E-state index >= 15 is 0 Å². The topological polar surface area (TPSA) is 38.1 Å². The monoisotopic (exact) mass is 181 g/mol. The lowest BCUT2D eigenvalue weighted by Crippen LogP contribution is -2.27. The standard InChI is InChI=1S/C9H15N3O/c1-7-5-8(2)12(10-7)6-11(4)9(3)13/h5H,6H2,1-4H3. The van der Waals surface area contributed by atoms with Gasteiger partial charge in [0.1, 0.15) is 6.67 Å². The smallest absolute Gasteiger partial charge is 0.220 e. The summed E-state index contributed by atoms with van der Waals surface area (Å²) in [6, 6.07) is 1.99. The van der Waals surface area contributed by atoms with Crippen molar-refractivity contribution in [2.24, 2.45) is 0 Å². The molecular weight excluding hydrogens is 166 g/mol. The first kappa shape index (κ1) is 9.77. The highest BCUT2D eigenvalue weighted by molar-refractivity contribution is 5.72. The second kappa shape index (κ2) is 3.60. The summed E-state index contributed by atoms with van der Waals surface area (Å²) in [4.78, 5) is 12.6. The van der Waals surface area contributed by atoms with Crippen LogP contribution in [0.25, 0.3) is 0 Å². The Hall–Kier alpha value is -1.32. The summed E-state index contributed by atoms with van der Waals surface area (Å²) < 4.78 is 1.82. The summed E-state index contributed by atoms with van der Waals surface area (Å²) in [5.74, 6) is 0.0487. The quantitative estimate of drug-likeness (QED) is 0.681. The van der Waals surface area contributed by atoms with Crippen molar-refractivity contribution in [3.8, 4) is 0 Å². The number of carbonyl (C=O) groups excluding carboxylic acids is 1. The van der Waals surface area contributed by atoms with Crippen LogP contribution in [0.3, 0.4) is 0 Å². The lowest BCUT2D eigenvalue weighted by atomic mass is 10.4. The molecule has 0 aliphatic carbocycles. The van der Waals surface area contributed by atoms with Gasteiger partial charge in [-0.1, -0.05) is 0 Å². The predicted molar refractivity (Wildman–Crippen MR) is 50.1 cm³/mol. The highest BCUT2D eigenvalue weighted by atomic mass is 16.2. The zero-order valence-electron chi connectivity index (χ0n) is 8.53. The van der Waals surface area contributed by atoms with Gasteiger partial charge in [0.2, 0.25) is 5.91 Å². The molecule has 1 aromatic rings. The molecule has 0 atom stereocenters. The molecule has 0 saturated heterocycles. The summed E-state index contributed by atoms with van der Waals surface area (Å²) in [5.41, 5.74) is 2.06. The molecule has 72 valence electrons. The fraction of sp³-hybridized carbons (Fsp3) is 0.556. The maximum absolute atomic E-state index is 11.0. The molecule has 4 nitrogen and oxygen atoms in total. The average Bonchev–Trinajstić information content (AvgIpc) is 2.30. The van der Waals surface area contributed by atoms with Gasteiger partial charge < -0.3 is 4.90 Å². The minimum Gasteiger partial charge on any atom is -0.326 e. The largest absolute Gasteiger partial charge is 0.326 e. The first-order valence-electron chi connectivity index (χ1n) is 4.23. The first-order chi connectivity index (χ1) is 6.00. The number of aromatic nitrogens is 2. The van der Waals surface area contributed by atoms with E-state index in [-0.39, 0.29) is 5.91 Å². The third-order valence-electron chi connectivity index (χ3n) is 1.99. The minimum absolute atomic E-state index is 0.0487. The third kappa shape index (κ3) is 2.31. The Labute approximate surface area is 78.1 Å². The van der Waals surface area contributed by atoms with Crippen molar-refractivity contribution in [1.82, 2.24) is 14.7 Å². The van der Waals surface area contributed by atoms with Crippen LogP contribution in [0.2, 0.25) is 0 Å². The summed E-state index contributed by atoms with van der Waals surface area (Å²) in [6.07, 6.45) is 0. The SMILES string of the molecule is CC(=O)N(C)Cn1nc(C)cc1C.